The molecule has 2 rings (SSSR count). The highest BCUT2D eigenvalue weighted by Gasteiger charge is 2.15. The van der Waals surface area contributed by atoms with E-state index in [4.69, 9.17) is 0 Å². The molecule has 0 saturated carbocycles. The molecule has 2 aromatic carbocycles. The van der Waals surface area contributed by atoms with Gasteiger partial charge in [0.25, 0.3) is 0 Å². The standard InChI is InChI=1S/C18H21N/c1-4-13-19(14-5-2)15(3)17-12-8-10-16-9-6-7-11-18(16)17/h4-12,15H,1-2,13-14H2,3H3. The van der Waals surface area contributed by atoms with Gasteiger partial charge in [-0.1, -0.05) is 54.6 Å². The van der Waals surface area contributed by atoms with Crippen LogP contribution in [0, 0.1) is 0 Å². The average Bonchev–Trinajstić information content (AvgIpc) is 2.46. The van der Waals surface area contributed by atoms with Crippen molar-refractivity contribution in [2.45, 2.75) is 13.0 Å². The summed E-state index contributed by atoms with van der Waals surface area (Å²) >= 11 is 0. The maximum Gasteiger partial charge on any atom is 0.0332 e. The number of rotatable bonds is 6. The molecular formula is C18H21N. The van der Waals surface area contributed by atoms with Gasteiger partial charge < -0.3 is 0 Å². The van der Waals surface area contributed by atoms with Crippen molar-refractivity contribution >= 4 is 10.8 Å². The van der Waals surface area contributed by atoms with Crippen LogP contribution in [-0.2, 0) is 0 Å². The zero-order valence-electron chi connectivity index (χ0n) is 11.5. The predicted molar refractivity (Wildman–Crippen MR) is 84.3 cm³/mol. The minimum absolute atomic E-state index is 0.349. The van der Waals surface area contributed by atoms with Gasteiger partial charge in [0.2, 0.25) is 0 Å². The van der Waals surface area contributed by atoms with Gasteiger partial charge in [-0.2, -0.15) is 0 Å². The van der Waals surface area contributed by atoms with Crippen LogP contribution in [0.4, 0.5) is 0 Å². The molecule has 0 aliphatic carbocycles. The van der Waals surface area contributed by atoms with Crippen molar-refractivity contribution in [3.8, 4) is 0 Å². The third kappa shape index (κ3) is 2.94. The second-order valence-electron chi connectivity index (χ2n) is 4.78. The summed E-state index contributed by atoms with van der Waals surface area (Å²) in [7, 11) is 0. The zero-order chi connectivity index (χ0) is 13.7. The first kappa shape index (κ1) is 13.6. The molecule has 98 valence electrons. The van der Waals surface area contributed by atoms with Crippen LogP contribution in [0.2, 0.25) is 0 Å². The van der Waals surface area contributed by atoms with E-state index in [1.54, 1.807) is 0 Å². The SMILES string of the molecule is C=CCN(CC=C)C(C)c1cccc2ccccc12. The number of hydrogen-bond donors (Lipinski definition) is 0. The molecule has 0 spiro atoms. The molecule has 0 amide bonds. The molecule has 0 aromatic heterocycles. The van der Waals surface area contributed by atoms with Gasteiger partial charge >= 0.3 is 0 Å². The molecule has 1 nitrogen and oxygen atoms in total. The van der Waals surface area contributed by atoms with Gasteiger partial charge in [0.15, 0.2) is 0 Å². The van der Waals surface area contributed by atoms with Gasteiger partial charge in [0.05, 0.1) is 0 Å². The summed E-state index contributed by atoms with van der Waals surface area (Å²) in [4.78, 5) is 2.36. The summed E-state index contributed by atoms with van der Waals surface area (Å²) in [6.45, 7) is 11.7. The van der Waals surface area contributed by atoms with E-state index >= 15 is 0 Å². The Bertz CT molecular complexity index is 555. The highest BCUT2D eigenvalue weighted by molar-refractivity contribution is 5.86. The maximum absolute atomic E-state index is 3.85. The lowest BCUT2D eigenvalue weighted by atomic mass is 9.98. The maximum atomic E-state index is 3.85. The van der Waals surface area contributed by atoms with E-state index in [2.05, 4.69) is 67.4 Å². The Morgan fingerprint density at radius 3 is 2.32 bits per heavy atom. The summed E-state index contributed by atoms with van der Waals surface area (Å²) in [5, 5.41) is 2.62. The molecule has 1 heteroatoms. The molecule has 0 heterocycles. The van der Waals surface area contributed by atoms with E-state index in [9.17, 15) is 0 Å². The van der Waals surface area contributed by atoms with Crippen molar-refractivity contribution in [1.29, 1.82) is 0 Å². The van der Waals surface area contributed by atoms with Gasteiger partial charge in [-0.15, -0.1) is 13.2 Å². The number of fused-ring (bicyclic) bond motifs is 1. The van der Waals surface area contributed by atoms with Gasteiger partial charge in [0, 0.05) is 19.1 Å². The monoisotopic (exact) mass is 251 g/mol. The molecular weight excluding hydrogens is 230 g/mol. The van der Waals surface area contributed by atoms with E-state index in [1.807, 2.05) is 12.2 Å². The van der Waals surface area contributed by atoms with Crippen LogP contribution in [0.15, 0.2) is 67.8 Å². The van der Waals surface area contributed by atoms with Crippen molar-refractivity contribution < 1.29 is 0 Å². The van der Waals surface area contributed by atoms with Crippen LogP contribution >= 0.6 is 0 Å². The molecule has 1 unspecified atom stereocenters. The van der Waals surface area contributed by atoms with Gasteiger partial charge in [-0.3, -0.25) is 4.90 Å². The fourth-order valence-corrected chi connectivity index (χ4v) is 2.53. The minimum atomic E-state index is 0.349. The second-order valence-corrected chi connectivity index (χ2v) is 4.78. The molecule has 0 fully saturated rings. The summed E-state index contributed by atoms with van der Waals surface area (Å²) in [6, 6.07) is 15.4. The molecule has 0 bridgehead atoms. The van der Waals surface area contributed by atoms with E-state index in [-0.39, 0.29) is 0 Å². The third-order valence-corrected chi connectivity index (χ3v) is 3.55. The average molecular weight is 251 g/mol. The van der Waals surface area contributed by atoms with Crippen LogP contribution in [0.25, 0.3) is 10.8 Å². The Kier molecular flexibility index (Phi) is 4.53. The third-order valence-electron chi connectivity index (χ3n) is 3.55. The highest BCUT2D eigenvalue weighted by Crippen LogP contribution is 2.27. The lowest BCUT2D eigenvalue weighted by molar-refractivity contribution is 0.262. The van der Waals surface area contributed by atoms with E-state index in [1.165, 1.54) is 16.3 Å². The highest BCUT2D eigenvalue weighted by atomic mass is 15.1. The zero-order valence-corrected chi connectivity index (χ0v) is 11.5. The second kappa shape index (κ2) is 6.35. The molecule has 0 N–H and O–H groups in total. The van der Waals surface area contributed by atoms with Crippen molar-refractivity contribution in [3.05, 3.63) is 73.3 Å². The summed E-state index contributed by atoms with van der Waals surface area (Å²) < 4.78 is 0. The Balaban J connectivity index is 2.41. The van der Waals surface area contributed by atoms with Crippen LogP contribution in [-0.4, -0.2) is 18.0 Å². The summed E-state index contributed by atoms with van der Waals surface area (Å²) in [5.74, 6) is 0. The minimum Gasteiger partial charge on any atom is -0.289 e. The Morgan fingerprint density at radius 1 is 1.00 bits per heavy atom. The molecule has 0 radical (unpaired) electrons. The summed E-state index contributed by atoms with van der Waals surface area (Å²) in [6.07, 6.45) is 3.90. The first-order valence-corrected chi connectivity index (χ1v) is 6.71. The van der Waals surface area contributed by atoms with Crippen molar-refractivity contribution in [2.24, 2.45) is 0 Å². The molecule has 1 atom stereocenters. The molecule has 19 heavy (non-hydrogen) atoms. The first-order valence-electron chi connectivity index (χ1n) is 6.71. The molecule has 0 aliphatic rings. The smallest absolute Gasteiger partial charge is 0.0332 e. The lowest BCUT2D eigenvalue weighted by Crippen LogP contribution is -2.27. The number of nitrogens with zero attached hydrogens (tertiary/aromatic N) is 1. The predicted octanol–water partition coefficient (Wildman–Crippen LogP) is 4.57. The van der Waals surface area contributed by atoms with Gasteiger partial charge in [-0.05, 0) is 23.3 Å². The van der Waals surface area contributed by atoms with E-state index in [0.29, 0.717) is 6.04 Å². The fraction of sp³-hybridized carbons (Fsp3) is 0.222. The van der Waals surface area contributed by atoms with Gasteiger partial charge in [0.1, 0.15) is 0 Å². The van der Waals surface area contributed by atoms with E-state index < -0.39 is 0 Å². The first-order chi connectivity index (χ1) is 9.27. The quantitative estimate of drug-likeness (QED) is 0.679. The Labute approximate surface area is 115 Å². The molecule has 0 saturated heterocycles. The Hall–Kier alpha value is -1.86. The number of benzene rings is 2. The largest absolute Gasteiger partial charge is 0.289 e. The van der Waals surface area contributed by atoms with Crippen molar-refractivity contribution in [3.63, 3.8) is 0 Å². The van der Waals surface area contributed by atoms with Crippen LogP contribution < -0.4 is 0 Å². The number of hydrogen-bond acceptors (Lipinski definition) is 1. The molecule has 0 aliphatic heterocycles. The Morgan fingerprint density at radius 2 is 1.63 bits per heavy atom. The van der Waals surface area contributed by atoms with Crippen LogP contribution in [0.3, 0.4) is 0 Å². The van der Waals surface area contributed by atoms with Crippen molar-refractivity contribution in [1.82, 2.24) is 4.90 Å². The van der Waals surface area contributed by atoms with Crippen molar-refractivity contribution in [2.75, 3.05) is 13.1 Å². The normalized spacial score (nSPS) is 12.5. The van der Waals surface area contributed by atoms with Gasteiger partial charge in [-0.25, -0.2) is 0 Å². The van der Waals surface area contributed by atoms with Crippen LogP contribution in [0.1, 0.15) is 18.5 Å². The molecule has 2 aromatic rings. The van der Waals surface area contributed by atoms with E-state index in [0.717, 1.165) is 13.1 Å². The summed E-state index contributed by atoms with van der Waals surface area (Å²) in [5.41, 5.74) is 1.36. The topological polar surface area (TPSA) is 3.24 Å². The lowest BCUT2D eigenvalue weighted by Gasteiger charge is -2.28. The van der Waals surface area contributed by atoms with Crippen LogP contribution in [0.5, 0.6) is 0 Å². The fourth-order valence-electron chi connectivity index (χ4n) is 2.53.